The Bertz CT molecular complexity index is 769. The maximum absolute atomic E-state index is 11.8. The van der Waals surface area contributed by atoms with Gasteiger partial charge in [0.25, 0.3) is 0 Å². The third-order valence-electron chi connectivity index (χ3n) is 4.04. The van der Waals surface area contributed by atoms with Gasteiger partial charge in [0.15, 0.2) is 9.84 Å². The SMILES string of the molecule is Cc1cccc(CN2CC[C@H](c3[nH]ncc3S(C)(=O)=O)C2)n1. The summed E-state index contributed by atoms with van der Waals surface area (Å²) in [6, 6.07) is 6.03. The maximum atomic E-state index is 11.8. The van der Waals surface area contributed by atoms with Crippen molar-refractivity contribution in [1.29, 1.82) is 0 Å². The van der Waals surface area contributed by atoms with Gasteiger partial charge in [0.2, 0.25) is 0 Å². The summed E-state index contributed by atoms with van der Waals surface area (Å²) in [5.41, 5.74) is 2.80. The monoisotopic (exact) mass is 320 g/mol. The Hall–Kier alpha value is -1.73. The van der Waals surface area contributed by atoms with Gasteiger partial charge in [0, 0.05) is 31.0 Å². The third kappa shape index (κ3) is 3.20. The number of hydrogen-bond donors (Lipinski definition) is 1. The van der Waals surface area contributed by atoms with Crippen molar-refractivity contribution in [3.8, 4) is 0 Å². The number of rotatable bonds is 4. The van der Waals surface area contributed by atoms with Gasteiger partial charge >= 0.3 is 0 Å². The van der Waals surface area contributed by atoms with E-state index in [9.17, 15) is 8.42 Å². The van der Waals surface area contributed by atoms with Gasteiger partial charge in [0.05, 0.1) is 17.6 Å². The number of nitrogens with one attached hydrogen (secondary N) is 1. The topological polar surface area (TPSA) is 79.0 Å². The van der Waals surface area contributed by atoms with E-state index in [2.05, 4.69) is 20.1 Å². The van der Waals surface area contributed by atoms with Crippen molar-refractivity contribution >= 4 is 9.84 Å². The van der Waals surface area contributed by atoms with Crippen LogP contribution in [0.2, 0.25) is 0 Å². The van der Waals surface area contributed by atoms with Crippen molar-refractivity contribution < 1.29 is 8.42 Å². The molecule has 1 atom stereocenters. The van der Waals surface area contributed by atoms with Gasteiger partial charge in [-0.25, -0.2) is 8.42 Å². The average Bonchev–Trinajstić information content (AvgIpc) is 3.05. The van der Waals surface area contributed by atoms with Crippen LogP contribution in [0.25, 0.3) is 0 Å². The molecule has 0 unspecified atom stereocenters. The minimum Gasteiger partial charge on any atom is -0.297 e. The number of aryl methyl sites for hydroxylation is 1. The maximum Gasteiger partial charge on any atom is 0.178 e. The fourth-order valence-corrected chi connectivity index (χ4v) is 3.86. The number of pyridine rings is 1. The van der Waals surface area contributed by atoms with E-state index in [-0.39, 0.29) is 5.92 Å². The van der Waals surface area contributed by atoms with Crippen LogP contribution < -0.4 is 0 Å². The summed E-state index contributed by atoms with van der Waals surface area (Å²) in [5, 5.41) is 6.80. The molecular weight excluding hydrogens is 300 g/mol. The summed E-state index contributed by atoms with van der Waals surface area (Å²) in [4.78, 5) is 7.16. The molecule has 3 rings (SSSR count). The van der Waals surface area contributed by atoms with Gasteiger partial charge in [-0.3, -0.25) is 15.0 Å². The third-order valence-corrected chi connectivity index (χ3v) is 5.17. The Morgan fingerprint density at radius 2 is 2.23 bits per heavy atom. The molecule has 0 aliphatic carbocycles. The van der Waals surface area contributed by atoms with Crippen LogP contribution in [0.3, 0.4) is 0 Å². The van der Waals surface area contributed by atoms with Gasteiger partial charge in [-0.15, -0.1) is 0 Å². The first-order valence-corrected chi connectivity index (χ1v) is 9.21. The minimum absolute atomic E-state index is 0.178. The number of aromatic amines is 1. The number of H-pyrrole nitrogens is 1. The molecule has 7 heteroatoms. The molecule has 0 amide bonds. The van der Waals surface area contributed by atoms with Crippen LogP contribution in [-0.4, -0.2) is 47.8 Å². The molecular formula is C15H20N4O2S. The molecule has 1 saturated heterocycles. The van der Waals surface area contributed by atoms with Crippen LogP contribution >= 0.6 is 0 Å². The van der Waals surface area contributed by atoms with Crippen molar-refractivity contribution in [2.45, 2.75) is 30.7 Å². The lowest BCUT2D eigenvalue weighted by molar-refractivity contribution is 0.321. The first-order chi connectivity index (χ1) is 10.4. The second-order valence-electron chi connectivity index (χ2n) is 5.91. The summed E-state index contributed by atoms with van der Waals surface area (Å²) in [6.45, 7) is 4.53. The van der Waals surface area contributed by atoms with Crippen LogP contribution in [0.4, 0.5) is 0 Å². The lowest BCUT2D eigenvalue weighted by Crippen LogP contribution is -2.21. The molecule has 0 aromatic carbocycles. The van der Waals surface area contributed by atoms with Gasteiger partial charge in [0.1, 0.15) is 4.90 Å². The van der Waals surface area contributed by atoms with Crippen LogP contribution in [-0.2, 0) is 16.4 Å². The molecule has 1 aliphatic rings. The Morgan fingerprint density at radius 1 is 1.41 bits per heavy atom. The molecule has 6 nitrogen and oxygen atoms in total. The molecule has 22 heavy (non-hydrogen) atoms. The Labute approximate surface area is 130 Å². The van der Waals surface area contributed by atoms with Crippen molar-refractivity contribution in [2.24, 2.45) is 0 Å². The van der Waals surface area contributed by atoms with Gasteiger partial charge in [-0.1, -0.05) is 6.07 Å². The molecule has 0 spiro atoms. The van der Waals surface area contributed by atoms with E-state index in [4.69, 9.17) is 0 Å². The summed E-state index contributed by atoms with van der Waals surface area (Å²) in [5.74, 6) is 0.178. The van der Waals surface area contributed by atoms with E-state index in [0.29, 0.717) is 4.90 Å². The van der Waals surface area contributed by atoms with E-state index in [1.165, 1.54) is 12.5 Å². The Kier molecular flexibility index (Phi) is 4.01. The zero-order valence-corrected chi connectivity index (χ0v) is 13.6. The highest BCUT2D eigenvalue weighted by atomic mass is 32.2. The summed E-state index contributed by atoms with van der Waals surface area (Å²) < 4.78 is 23.6. The highest BCUT2D eigenvalue weighted by Gasteiger charge is 2.29. The van der Waals surface area contributed by atoms with Crippen LogP contribution in [0.5, 0.6) is 0 Å². The summed E-state index contributed by atoms with van der Waals surface area (Å²) >= 11 is 0. The average molecular weight is 320 g/mol. The Balaban J connectivity index is 1.72. The van der Waals surface area contributed by atoms with Crippen molar-refractivity contribution in [3.63, 3.8) is 0 Å². The van der Waals surface area contributed by atoms with Crippen molar-refractivity contribution in [3.05, 3.63) is 41.5 Å². The smallest absolute Gasteiger partial charge is 0.178 e. The fourth-order valence-electron chi connectivity index (χ4n) is 3.00. The first kappa shape index (κ1) is 15.2. The highest BCUT2D eigenvalue weighted by molar-refractivity contribution is 7.90. The van der Waals surface area contributed by atoms with Gasteiger partial charge in [-0.05, 0) is 32.0 Å². The predicted molar refractivity (Wildman–Crippen MR) is 83.3 cm³/mol. The molecule has 2 aromatic heterocycles. The van der Waals surface area contributed by atoms with E-state index in [1.54, 1.807) is 0 Å². The number of sulfone groups is 1. The number of hydrogen-bond acceptors (Lipinski definition) is 5. The summed E-state index contributed by atoms with van der Waals surface area (Å²) in [6.07, 6.45) is 3.57. The lowest BCUT2D eigenvalue weighted by Gasteiger charge is -2.15. The largest absolute Gasteiger partial charge is 0.297 e. The molecule has 118 valence electrons. The van der Waals surface area contributed by atoms with Crippen LogP contribution in [0.15, 0.2) is 29.3 Å². The molecule has 0 saturated carbocycles. The zero-order chi connectivity index (χ0) is 15.7. The predicted octanol–water partition coefficient (Wildman–Crippen LogP) is 1.51. The molecule has 1 fully saturated rings. The summed E-state index contributed by atoms with van der Waals surface area (Å²) in [7, 11) is -3.23. The normalized spacial score (nSPS) is 19.6. The van der Waals surface area contributed by atoms with E-state index < -0.39 is 9.84 Å². The molecule has 3 heterocycles. The minimum atomic E-state index is -3.23. The first-order valence-electron chi connectivity index (χ1n) is 7.31. The van der Waals surface area contributed by atoms with E-state index in [0.717, 1.165) is 43.1 Å². The molecule has 1 aliphatic heterocycles. The zero-order valence-electron chi connectivity index (χ0n) is 12.8. The lowest BCUT2D eigenvalue weighted by atomic mass is 10.1. The van der Waals surface area contributed by atoms with Crippen molar-refractivity contribution in [1.82, 2.24) is 20.1 Å². The van der Waals surface area contributed by atoms with Gasteiger partial charge < -0.3 is 0 Å². The van der Waals surface area contributed by atoms with Crippen LogP contribution in [0, 0.1) is 6.92 Å². The van der Waals surface area contributed by atoms with Gasteiger partial charge in [-0.2, -0.15) is 5.10 Å². The molecule has 1 N–H and O–H groups in total. The standard InChI is InChI=1S/C15H20N4O2S/c1-11-4-3-5-13(17-11)10-19-7-6-12(9-19)15-14(8-16-18-15)22(2,20)21/h3-5,8,12H,6-7,9-10H2,1-2H3,(H,16,18)/t12-/m0/s1. The van der Waals surface area contributed by atoms with E-state index >= 15 is 0 Å². The second-order valence-corrected chi connectivity index (χ2v) is 7.90. The quantitative estimate of drug-likeness (QED) is 0.923. The van der Waals surface area contributed by atoms with E-state index in [1.807, 2.05) is 25.1 Å². The molecule has 0 bridgehead atoms. The van der Waals surface area contributed by atoms with Crippen molar-refractivity contribution in [2.75, 3.05) is 19.3 Å². The Morgan fingerprint density at radius 3 is 2.95 bits per heavy atom. The highest BCUT2D eigenvalue weighted by Crippen LogP contribution is 2.30. The number of aromatic nitrogens is 3. The fraction of sp³-hybridized carbons (Fsp3) is 0.467. The molecule has 0 radical (unpaired) electrons. The van der Waals surface area contributed by atoms with Crippen LogP contribution in [0.1, 0.15) is 29.4 Å². The number of nitrogens with zero attached hydrogens (tertiary/aromatic N) is 3. The number of likely N-dealkylation sites (tertiary alicyclic amines) is 1. The molecule has 2 aromatic rings. The second kappa shape index (κ2) is 5.81.